The zero-order valence-corrected chi connectivity index (χ0v) is 13.5. The van der Waals surface area contributed by atoms with Crippen LogP contribution in [0.15, 0.2) is 30.3 Å². The Bertz CT molecular complexity index is 452. The van der Waals surface area contributed by atoms with Gasteiger partial charge in [-0.1, -0.05) is 30.3 Å². The summed E-state index contributed by atoms with van der Waals surface area (Å²) in [5.41, 5.74) is 1.33. The summed E-state index contributed by atoms with van der Waals surface area (Å²) in [5.74, 6) is 0.439. The minimum atomic E-state index is -0.114. The zero-order chi connectivity index (χ0) is 15.8. The number of hydrogen-bond acceptors (Lipinski definition) is 3. The fraction of sp³-hybridized carbons (Fsp3) is 0.588. The first-order valence-electron chi connectivity index (χ1n) is 7.98. The number of ether oxygens (including phenoxy) is 1. The number of likely N-dealkylation sites (tertiary alicyclic amines) is 1. The van der Waals surface area contributed by atoms with Crippen LogP contribution in [-0.4, -0.2) is 51.3 Å². The number of carbonyl (C=O) groups is 1. The van der Waals surface area contributed by atoms with Gasteiger partial charge in [-0.25, -0.2) is 4.79 Å². The molecule has 1 fully saturated rings. The number of urea groups is 1. The lowest BCUT2D eigenvalue weighted by Crippen LogP contribution is -2.44. The van der Waals surface area contributed by atoms with E-state index in [4.69, 9.17) is 4.74 Å². The van der Waals surface area contributed by atoms with E-state index >= 15 is 0 Å². The number of benzene rings is 1. The standard InChI is InChI=1S/C17H27N3O2/c1-20-11-6-9-15(13-19-17(21)18-10-12-22-2)16(20)14-7-4-3-5-8-14/h3-5,7-8,15-16H,6,9-13H2,1-2H3,(H2,18,19,21)/t15-,16+/m0/s1. The summed E-state index contributed by atoms with van der Waals surface area (Å²) < 4.78 is 4.93. The highest BCUT2D eigenvalue weighted by molar-refractivity contribution is 5.73. The second kappa shape index (κ2) is 8.76. The molecule has 1 heterocycles. The van der Waals surface area contributed by atoms with E-state index in [-0.39, 0.29) is 6.03 Å². The lowest BCUT2D eigenvalue weighted by molar-refractivity contribution is 0.120. The molecule has 0 radical (unpaired) electrons. The van der Waals surface area contributed by atoms with Crippen LogP contribution in [0.4, 0.5) is 4.79 Å². The first-order chi connectivity index (χ1) is 10.7. The van der Waals surface area contributed by atoms with Crippen molar-refractivity contribution in [3.05, 3.63) is 35.9 Å². The van der Waals surface area contributed by atoms with E-state index in [0.29, 0.717) is 31.7 Å². The second-order valence-electron chi connectivity index (χ2n) is 5.87. The van der Waals surface area contributed by atoms with Crippen molar-refractivity contribution >= 4 is 6.03 Å². The number of rotatable bonds is 6. The Hall–Kier alpha value is -1.59. The molecule has 0 aromatic heterocycles. The summed E-state index contributed by atoms with van der Waals surface area (Å²) in [6.45, 7) is 2.88. The highest BCUT2D eigenvalue weighted by Gasteiger charge is 2.30. The summed E-state index contributed by atoms with van der Waals surface area (Å²) in [4.78, 5) is 14.2. The van der Waals surface area contributed by atoms with Crippen molar-refractivity contribution in [3.63, 3.8) is 0 Å². The van der Waals surface area contributed by atoms with Gasteiger partial charge in [-0.15, -0.1) is 0 Å². The van der Waals surface area contributed by atoms with Gasteiger partial charge in [-0.05, 0) is 37.9 Å². The molecule has 0 unspecified atom stereocenters. The predicted molar refractivity (Wildman–Crippen MR) is 87.8 cm³/mol. The minimum absolute atomic E-state index is 0.114. The van der Waals surface area contributed by atoms with Crippen molar-refractivity contribution in [2.75, 3.05) is 40.4 Å². The smallest absolute Gasteiger partial charge is 0.314 e. The van der Waals surface area contributed by atoms with Crippen molar-refractivity contribution in [2.45, 2.75) is 18.9 Å². The van der Waals surface area contributed by atoms with Crippen LogP contribution in [0.3, 0.4) is 0 Å². The molecule has 5 nitrogen and oxygen atoms in total. The number of methoxy groups -OCH3 is 1. The van der Waals surface area contributed by atoms with Crippen LogP contribution in [-0.2, 0) is 4.74 Å². The van der Waals surface area contributed by atoms with Crippen molar-refractivity contribution in [1.82, 2.24) is 15.5 Å². The minimum Gasteiger partial charge on any atom is -0.383 e. The maximum atomic E-state index is 11.8. The third kappa shape index (κ3) is 4.71. The van der Waals surface area contributed by atoms with Gasteiger partial charge >= 0.3 is 6.03 Å². The molecule has 0 spiro atoms. The van der Waals surface area contributed by atoms with E-state index in [1.165, 1.54) is 12.0 Å². The van der Waals surface area contributed by atoms with E-state index in [2.05, 4.69) is 46.8 Å². The van der Waals surface area contributed by atoms with Crippen molar-refractivity contribution in [1.29, 1.82) is 0 Å². The Balaban J connectivity index is 1.91. The first kappa shape index (κ1) is 16.8. The first-order valence-corrected chi connectivity index (χ1v) is 7.98. The number of piperidine rings is 1. The summed E-state index contributed by atoms with van der Waals surface area (Å²) in [6, 6.07) is 10.8. The molecule has 22 heavy (non-hydrogen) atoms. The molecule has 5 heteroatoms. The maximum absolute atomic E-state index is 11.8. The molecule has 1 aromatic rings. The topological polar surface area (TPSA) is 53.6 Å². The summed E-state index contributed by atoms with van der Waals surface area (Å²) in [6.07, 6.45) is 2.32. The van der Waals surface area contributed by atoms with Gasteiger partial charge in [0.2, 0.25) is 0 Å². The molecule has 2 rings (SSSR count). The van der Waals surface area contributed by atoms with Gasteiger partial charge in [-0.3, -0.25) is 4.90 Å². The average molecular weight is 305 g/mol. The summed E-state index contributed by atoms with van der Waals surface area (Å²) >= 11 is 0. The van der Waals surface area contributed by atoms with Crippen molar-refractivity contribution in [3.8, 4) is 0 Å². The molecule has 0 aliphatic carbocycles. The molecular weight excluding hydrogens is 278 g/mol. The highest BCUT2D eigenvalue weighted by Crippen LogP contribution is 2.34. The molecule has 2 atom stereocenters. The maximum Gasteiger partial charge on any atom is 0.314 e. The molecular formula is C17H27N3O2. The molecule has 122 valence electrons. The monoisotopic (exact) mass is 305 g/mol. The van der Waals surface area contributed by atoms with E-state index in [1.807, 2.05) is 6.07 Å². The molecule has 0 bridgehead atoms. The van der Waals surface area contributed by atoms with Crippen molar-refractivity contribution in [2.24, 2.45) is 5.92 Å². The Morgan fingerprint density at radius 2 is 2.09 bits per heavy atom. The Labute approximate surface area is 133 Å². The fourth-order valence-corrected chi connectivity index (χ4v) is 3.20. The second-order valence-corrected chi connectivity index (χ2v) is 5.87. The number of nitrogens with zero attached hydrogens (tertiary/aromatic N) is 1. The number of nitrogens with one attached hydrogen (secondary N) is 2. The van der Waals surface area contributed by atoms with Gasteiger partial charge in [-0.2, -0.15) is 0 Å². The Morgan fingerprint density at radius 3 is 2.82 bits per heavy atom. The predicted octanol–water partition coefficient (Wildman–Crippen LogP) is 2.02. The van der Waals surface area contributed by atoms with Crippen LogP contribution in [0.5, 0.6) is 0 Å². The van der Waals surface area contributed by atoms with Crippen molar-refractivity contribution < 1.29 is 9.53 Å². The van der Waals surface area contributed by atoms with E-state index in [1.54, 1.807) is 7.11 Å². The Kier molecular flexibility index (Phi) is 6.68. The van der Waals surface area contributed by atoms with Gasteiger partial charge in [0.25, 0.3) is 0 Å². The number of amides is 2. The van der Waals surface area contributed by atoms with Gasteiger partial charge < -0.3 is 15.4 Å². The number of carbonyl (C=O) groups excluding carboxylic acids is 1. The zero-order valence-electron chi connectivity index (χ0n) is 13.5. The molecule has 1 saturated heterocycles. The van der Waals surface area contributed by atoms with Crippen LogP contribution in [0.1, 0.15) is 24.4 Å². The average Bonchev–Trinajstić information content (AvgIpc) is 2.54. The SMILES string of the molecule is COCCNC(=O)NC[C@@H]1CCCN(C)[C@@H]1c1ccccc1. The highest BCUT2D eigenvalue weighted by atomic mass is 16.5. The van der Waals surface area contributed by atoms with Gasteiger partial charge in [0.1, 0.15) is 0 Å². The van der Waals surface area contributed by atoms with Crippen LogP contribution in [0, 0.1) is 5.92 Å². The normalized spacial score (nSPS) is 22.3. The Morgan fingerprint density at radius 1 is 1.32 bits per heavy atom. The molecule has 2 N–H and O–H groups in total. The molecule has 1 aliphatic rings. The molecule has 1 aliphatic heterocycles. The van der Waals surface area contributed by atoms with Crippen LogP contribution < -0.4 is 10.6 Å². The number of hydrogen-bond donors (Lipinski definition) is 2. The van der Waals surface area contributed by atoms with Gasteiger partial charge in [0.15, 0.2) is 0 Å². The third-order valence-corrected chi connectivity index (χ3v) is 4.26. The quantitative estimate of drug-likeness (QED) is 0.791. The van der Waals surface area contributed by atoms with Crippen LogP contribution in [0.25, 0.3) is 0 Å². The summed E-state index contributed by atoms with van der Waals surface area (Å²) in [7, 11) is 3.80. The molecule has 0 saturated carbocycles. The lowest BCUT2D eigenvalue weighted by Gasteiger charge is -2.39. The van der Waals surface area contributed by atoms with E-state index in [0.717, 1.165) is 13.0 Å². The third-order valence-electron chi connectivity index (χ3n) is 4.26. The lowest BCUT2D eigenvalue weighted by atomic mass is 9.85. The van der Waals surface area contributed by atoms with Crippen LogP contribution in [0.2, 0.25) is 0 Å². The van der Waals surface area contributed by atoms with Gasteiger partial charge in [0, 0.05) is 26.2 Å². The summed E-state index contributed by atoms with van der Waals surface area (Å²) in [5, 5.41) is 5.80. The van der Waals surface area contributed by atoms with E-state index < -0.39 is 0 Å². The largest absolute Gasteiger partial charge is 0.383 e. The van der Waals surface area contributed by atoms with Crippen LogP contribution >= 0.6 is 0 Å². The van der Waals surface area contributed by atoms with E-state index in [9.17, 15) is 4.79 Å². The molecule has 1 aromatic carbocycles. The fourth-order valence-electron chi connectivity index (χ4n) is 3.20. The van der Waals surface area contributed by atoms with Gasteiger partial charge in [0.05, 0.1) is 6.61 Å². The molecule has 2 amide bonds.